The molecule has 1 aromatic carbocycles. The van der Waals surface area contributed by atoms with Crippen LogP contribution in [0.5, 0.6) is 0 Å². The molecule has 1 heterocycles. The summed E-state index contributed by atoms with van der Waals surface area (Å²) in [5.74, 6) is -1.03. The Morgan fingerprint density at radius 2 is 2.26 bits per heavy atom. The maximum Gasteiger partial charge on any atom is 0.310 e. The molecule has 0 aliphatic carbocycles. The first kappa shape index (κ1) is 14.5. The third-order valence-electron chi connectivity index (χ3n) is 3.99. The van der Waals surface area contributed by atoms with Crippen molar-refractivity contribution in [3.8, 4) is 0 Å². The topological polar surface area (TPSA) is 40.5 Å². The normalized spacial score (nSPS) is 25.5. The van der Waals surface area contributed by atoms with Gasteiger partial charge in [0.1, 0.15) is 5.82 Å². The second-order valence-electron chi connectivity index (χ2n) is 5.44. The van der Waals surface area contributed by atoms with Crippen LogP contribution in [0.2, 0.25) is 0 Å². The number of benzene rings is 1. The van der Waals surface area contributed by atoms with Crippen LogP contribution in [0.15, 0.2) is 22.7 Å². The maximum absolute atomic E-state index is 13.2. The van der Waals surface area contributed by atoms with Gasteiger partial charge in [0, 0.05) is 12.6 Å². The second-order valence-corrected chi connectivity index (χ2v) is 6.29. The number of carboxylic acid groups (broad SMARTS) is 1. The van der Waals surface area contributed by atoms with Crippen molar-refractivity contribution >= 4 is 21.9 Å². The highest BCUT2D eigenvalue weighted by atomic mass is 79.9. The Kier molecular flexibility index (Phi) is 3.97. The van der Waals surface area contributed by atoms with E-state index in [0.717, 1.165) is 12.1 Å². The number of rotatable bonds is 3. The molecule has 0 amide bonds. The smallest absolute Gasteiger partial charge is 0.310 e. The fourth-order valence-corrected chi connectivity index (χ4v) is 2.88. The summed E-state index contributed by atoms with van der Waals surface area (Å²) in [5, 5.41) is 9.24. The van der Waals surface area contributed by atoms with E-state index < -0.39 is 11.4 Å². The molecule has 0 bridgehead atoms. The predicted molar refractivity (Wildman–Crippen MR) is 74.4 cm³/mol. The van der Waals surface area contributed by atoms with Crippen molar-refractivity contribution in [2.75, 3.05) is 13.1 Å². The Bertz CT molecular complexity index is 508. The van der Waals surface area contributed by atoms with Gasteiger partial charge >= 0.3 is 5.97 Å². The van der Waals surface area contributed by atoms with Crippen molar-refractivity contribution in [1.29, 1.82) is 0 Å². The fourth-order valence-electron chi connectivity index (χ4n) is 2.48. The highest BCUT2D eigenvalue weighted by Crippen LogP contribution is 2.36. The van der Waals surface area contributed by atoms with Crippen LogP contribution in [0.25, 0.3) is 0 Å². The first-order chi connectivity index (χ1) is 8.83. The molecule has 0 aromatic heterocycles. The molecule has 0 spiro atoms. The summed E-state index contributed by atoms with van der Waals surface area (Å²) < 4.78 is 13.7. The molecule has 0 radical (unpaired) electrons. The summed E-state index contributed by atoms with van der Waals surface area (Å²) in [6, 6.07) is 5.03. The predicted octanol–water partition coefficient (Wildman–Crippen LogP) is 3.45. The molecule has 2 rings (SSSR count). The lowest BCUT2D eigenvalue weighted by Gasteiger charge is -2.26. The number of halogens is 2. The molecule has 1 aromatic rings. The van der Waals surface area contributed by atoms with Crippen molar-refractivity contribution < 1.29 is 14.3 Å². The van der Waals surface area contributed by atoms with E-state index in [4.69, 9.17) is 0 Å². The lowest BCUT2D eigenvalue weighted by molar-refractivity contribution is -0.147. The molecule has 5 heteroatoms. The minimum atomic E-state index is -0.748. The molecule has 104 valence electrons. The van der Waals surface area contributed by atoms with Crippen LogP contribution in [-0.4, -0.2) is 29.1 Å². The summed E-state index contributed by atoms with van der Waals surface area (Å²) in [6.45, 7) is 5.08. The average Bonchev–Trinajstić information content (AvgIpc) is 2.76. The van der Waals surface area contributed by atoms with Crippen LogP contribution in [-0.2, 0) is 4.79 Å². The van der Waals surface area contributed by atoms with Crippen molar-refractivity contribution in [2.24, 2.45) is 5.41 Å². The molecule has 0 saturated carbocycles. The molecule has 19 heavy (non-hydrogen) atoms. The highest BCUT2D eigenvalue weighted by molar-refractivity contribution is 9.10. The average molecular weight is 330 g/mol. The van der Waals surface area contributed by atoms with Gasteiger partial charge in [-0.2, -0.15) is 0 Å². The monoisotopic (exact) mass is 329 g/mol. The van der Waals surface area contributed by atoms with Crippen LogP contribution in [0.1, 0.15) is 31.9 Å². The van der Waals surface area contributed by atoms with E-state index in [1.807, 2.05) is 6.92 Å². The van der Waals surface area contributed by atoms with Gasteiger partial charge in [-0.05, 0) is 60.4 Å². The molecular formula is C14H17BrFNO2. The van der Waals surface area contributed by atoms with Crippen LogP contribution >= 0.6 is 15.9 Å². The van der Waals surface area contributed by atoms with Gasteiger partial charge in [0.15, 0.2) is 0 Å². The van der Waals surface area contributed by atoms with E-state index in [1.54, 1.807) is 19.1 Å². The summed E-state index contributed by atoms with van der Waals surface area (Å²) >= 11 is 3.18. The third-order valence-corrected chi connectivity index (χ3v) is 4.60. The molecule has 3 nitrogen and oxygen atoms in total. The van der Waals surface area contributed by atoms with Gasteiger partial charge in [-0.15, -0.1) is 0 Å². The quantitative estimate of drug-likeness (QED) is 0.923. The van der Waals surface area contributed by atoms with Gasteiger partial charge in [0.05, 0.1) is 9.89 Å². The van der Waals surface area contributed by atoms with Crippen LogP contribution in [0.4, 0.5) is 4.39 Å². The van der Waals surface area contributed by atoms with Gasteiger partial charge in [0.25, 0.3) is 0 Å². The number of aliphatic carboxylic acids is 1. The summed E-state index contributed by atoms with van der Waals surface area (Å²) in [4.78, 5) is 13.4. The van der Waals surface area contributed by atoms with Gasteiger partial charge in [0.2, 0.25) is 0 Å². The lowest BCUT2D eigenvalue weighted by Crippen LogP contribution is -2.32. The fraction of sp³-hybridized carbons (Fsp3) is 0.500. The molecular weight excluding hydrogens is 313 g/mol. The Balaban J connectivity index is 2.15. The van der Waals surface area contributed by atoms with E-state index in [2.05, 4.69) is 20.8 Å². The molecule has 1 aliphatic heterocycles. The largest absolute Gasteiger partial charge is 0.481 e. The Hall–Kier alpha value is -0.940. The number of carbonyl (C=O) groups is 1. The minimum Gasteiger partial charge on any atom is -0.481 e. The van der Waals surface area contributed by atoms with Gasteiger partial charge in [-0.25, -0.2) is 4.39 Å². The van der Waals surface area contributed by atoms with Gasteiger partial charge < -0.3 is 5.11 Å². The van der Waals surface area contributed by atoms with E-state index >= 15 is 0 Å². The zero-order valence-corrected chi connectivity index (χ0v) is 12.6. The zero-order valence-electron chi connectivity index (χ0n) is 11.0. The Labute approximate surface area is 120 Å². The van der Waals surface area contributed by atoms with Gasteiger partial charge in [-0.1, -0.05) is 6.07 Å². The summed E-state index contributed by atoms with van der Waals surface area (Å²) in [6.07, 6.45) is 0.648. The maximum atomic E-state index is 13.2. The molecule has 1 N–H and O–H groups in total. The molecule has 2 unspecified atom stereocenters. The number of hydrogen-bond acceptors (Lipinski definition) is 2. The van der Waals surface area contributed by atoms with Crippen molar-refractivity contribution in [3.63, 3.8) is 0 Å². The highest BCUT2D eigenvalue weighted by Gasteiger charge is 2.41. The van der Waals surface area contributed by atoms with E-state index in [0.29, 0.717) is 17.4 Å². The van der Waals surface area contributed by atoms with Crippen LogP contribution in [0, 0.1) is 11.2 Å². The standard InChI is InChI=1S/C14H17BrFNO2/c1-9(10-3-4-12(16)11(15)7-10)17-6-5-14(2,8-17)13(18)19/h3-4,7,9H,5-6,8H2,1-2H3,(H,18,19). The van der Waals surface area contributed by atoms with E-state index in [-0.39, 0.29) is 11.9 Å². The summed E-state index contributed by atoms with van der Waals surface area (Å²) in [5.41, 5.74) is 0.314. The van der Waals surface area contributed by atoms with Crippen LogP contribution < -0.4 is 0 Å². The van der Waals surface area contributed by atoms with Crippen molar-refractivity contribution in [2.45, 2.75) is 26.3 Å². The van der Waals surface area contributed by atoms with E-state index in [1.165, 1.54) is 6.07 Å². The van der Waals surface area contributed by atoms with Crippen molar-refractivity contribution in [3.05, 3.63) is 34.1 Å². The van der Waals surface area contributed by atoms with E-state index in [9.17, 15) is 14.3 Å². The number of likely N-dealkylation sites (tertiary alicyclic amines) is 1. The zero-order chi connectivity index (χ0) is 14.2. The van der Waals surface area contributed by atoms with Gasteiger partial charge in [-0.3, -0.25) is 9.69 Å². The SMILES string of the molecule is CC(c1ccc(F)c(Br)c1)N1CCC(C)(C(=O)O)C1. The summed E-state index contributed by atoms with van der Waals surface area (Å²) in [7, 11) is 0. The molecule has 1 fully saturated rings. The van der Waals surface area contributed by atoms with Crippen LogP contribution in [0.3, 0.4) is 0 Å². The third kappa shape index (κ3) is 2.82. The second kappa shape index (κ2) is 5.21. The lowest BCUT2D eigenvalue weighted by atomic mass is 9.90. The molecule has 1 saturated heterocycles. The first-order valence-electron chi connectivity index (χ1n) is 6.26. The molecule has 2 atom stereocenters. The Morgan fingerprint density at radius 3 is 2.79 bits per heavy atom. The molecule has 1 aliphatic rings. The Morgan fingerprint density at radius 1 is 1.58 bits per heavy atom. The minimum absolute atomic E-state index is 0.0816. The number of hydrogen-bond donors (Lipinski definition) is 1. The number of carboxylic acids is 1. The number of nitrogens with zero attached hydrogens (tertiary/aromatic N) is 1. The first-order valence-corrected chi connectivity index (χ1v) is 7.05. The van der Waals surface area contributed by atoms with Crippen molar-refractivity contribution in [1.82, 2.24) is 4.90 Å².